The number of fused-ring (bicyclic) bond motifs is 3. The van der Waals surface area contributed by atoms with Crippen LogP contribution in [0.4, 0.5) is 18.0 Å². The van der Waals surface area contributed by atoms with E-state index in [0.717, 1.165) is 28.3 Å². The van der Waals surface area contributed by atoms with Crippen molar-refractivity contribution in [2.45, 2.75) is 18.5 Å². The second-order valence-corrected chi connectivity index (χ2v) is 8.11. The molecule has 0 fully saturated rings. The van der Waals surface area contributed by atoms with Crippen LogP contribution in [0.1, 0.15) is 34.6 Å². The van der Waals surface area contributed by atoms with Crippen molar-refractivity contribution in [3.63, 3.8) is 0 Å². The number of halogens is 4. The number of carbonyl (C=O) groups is 1. The number of rotatable bonds is 6. The van der Waals surface area contributed by atoms with E-state index in [1.54, 1.807) is 6.08 Å². The van der Waals surface area contributed by atoms with E-state index < -0.39 is 17.8 Å². The summed E-state index contributed by atoms with van der Waals surface area (Å²) in [5.74, 6) is -0.0336. The van der Waals surface area contributed by atoms with Crippen molar-refractivity contribution in [3.05, 3.63) is 100 Å². The Bertz CT molecular complexity index is 1140. The highest BCUT2D eigenvalue weighted by molar-refractivity contribution is 6.30. The minimum absolute atomic E-state index is 0.0213. The van der Waals surface area contributed by atoms with Crippen LogP contribution in [0.25, 0.3) is 17.2 Å². The standard InChI is InChI=1S/C26H21ClF3NO2/c27-18-13-12-17(24(15-18)26(28,29)30)7-5-6-14-31-25(32)33-16-23-21-10-3-1-8-19(21)20-9-2-4-11-22(20)23/h1-5,7-13,15,23H,6,14,16H2,(H,31,32). The molecule has 3 aromatic rings. The van der Waals surface area contributed by atoms with Crippen molar-refractivity contribution in [2.75, 3.05) is 13.2 Å². The maximum Gasteiger partial charge on any atom is 0.417 e. The Morgan fingerprint density at radius 3 is 2.27 bits per heavy atom. The number of alkyl carbamates (subject to hydrolysis) is 1. The Morgan fingerprint density at radius 1 is 1.00 bits per heavy atom. The van der Waals surface area contributed by atoms with Gasteiger partial charge in [-0.25, -0.2) is 4.79 Å². The van der Waals surface area contributed by atoms with Crippen LogP contribution in [-0.2, 0) is 10.9 Å². The van der Waals surface area contributed by atoms with Gasteiger partial charge in [-0.3, -0.25) is 0 Å². The maximum atomic E-state index is 13.1. The third-order valence-electron chi connectivity index (χ3n) is 5.54. The van der Waals surface area contributed by atoms with Gasteiger partial charge in [-0.05, 0) is 46.4 Å². The lowest BCUT2D eigenvalue weighted by Gasteiger charge is -2.14. The Labute approximate surface area is 194 Å². The molecule has 3 nitrogen and oxygen atoms in total. The molecule has 0 aliphatic heterocycles. The fourth-order valence-electron chi connectivity index (χ4n) is 4.04. The van der Waals surface area contributed by atoms with Gasteiger partial charge in [0, 0.05) is 17.5 Å². The lowest BCUT2D eigenvalue weighted by atomic mass is 9.98. The molecule has 0 saturated carbocycles. The first-order valence-electron chi connectivity index (χ1n) is 10.5. The van der Waals surface area contributed by atoms with Gasteiger partial charge in [-0.2, -0.15) is 13.2 Å². The number of alkyl halides is 3. The van der Waals surface area contributed by atoms with Crippen LogP contribution in [0.5, 0.6) is 0 Å². The van der Waals surface area contributed by atoms with Gasteiger partial charge in [0.2, 0.25) is 0 Å². The SMILES string of the molecule is O=C(NCCC=Cc1ccc(Cl)cc1C(F)(F)F)OCC1c2ccccc2-c2ccccc21. The van der Waals surface area contributed by atoms with E-state index in [9.17, 15) is 18.0 Å². The lowest BCUT2D eigenvalue weighted by Crippen LogP contribution is -2.26. The number of nitrogens with one attached hydrogen (secondary N) is 1. The summed E-state index contributed by atoms with van der Waals surface area (Å²) in [4.78, 5) is 12.2. The molecule has 0 radical (unpaired) electrons. The van der Waals surface area contributed by atoms with E-state index in [0.29, 0.717) is 6.42 Å². The normalized spacial score (nSPS) is 13.1. The molecule has 0 unspecified atom stereocenters. The third kappa shape index (κ3) is 5.22. The van der Waals surface area contributed by atoms with Crippen LogP contribution in [0, 0.1) is 0 Å². The highest BCUT2D eigenvalue weighted by Gasteiger charge is 2.33. The summed E-state index contributed by atoms with van der Waals surface area (Å²) >= 11 is 5.69. The molecule has 0 heterocycles. The maximum absolute atomic E-state index is 13.1. The molecule has 0 bridgehead atoms. The van der Waals surface area contributed by atoms with Crippen molar-refractivity contribution < 1.29 is 22.7 Å². The van der Waals surface area contributed by atoms with E-state index in [1.807, 2.05) is 36.4 Å². The topological polar surface area (TPSA) is 38.3 Å². The zero-order valence-electron chi connectivity index (χ0n) is 17.5. The average molecular weight is 472 g/mol. The molecule has 1 N–H and O–H groups in total. The quantitative estimate of drug-likeness (QED) is 0.383. The van der Waals surface area contributed by atoms with Crippen LogP contribution < -0.4 is 5.32 Å². The molecule has 1 aliphatic rings. The number of carbonyl (C=O) groups excluding carboxylic acids is 1. The van der Waals surface area contributed by atoms with Gasteiger partial charge in [-0.1, -0.05) is 78.4 Å². The highest BCUT2D eigenvalue weighted by atomic mass is 35.5. The summed E-state index contributed by atoms with van der Waals surface area (Å²) in [6.07, 6.45) is -1.76. The number of hydrogen-bond acceptors (Lipinski definition) is 2. The van der Waals surface area contributed by atoms with Crippen molar-refractivity contribution in [1.82, 2.24) is 5.32 Å². The van der Waals surface area contributed by atoms with E-state index >= 15 is 0 Å². The van der Waals surface area contributed by atoms with Crippen LogP contribution in [-0.4, -0.2) is 19.2 Å². The zero-order valence-corrected chi connectivity index (χ0v) is 18.3. The zero-order chi connectivity index (χ0) is 23.4. The Morgan fingerprint density at radius 2 is 1.64 bits per heavy atom. The van der Waals surface area contributed by atoms with E-state index in [1.165, 1.54) is 18.2 Å². The van der Waals surface area contributed by atoms with E-state index in [-0.39, 0.29) is 29.7 Å². The monoisotopic (exact) mass is 471 g/mol. The molecule has 33 heavy (non-hydrogen) atoms. The summed E-state index contributed by atoms with van der Waals surface area (Å²) in [5.41, 5.74) is 3.76. The summed E-state index contributed by atoms with van der Waals surface area (Å²) < 4.78 is 44.9. The molecule has 4 rings (SSSR count). The number of amides is 1. The average Bonchev–Trinajstić information content (AvgIpc) is 3.11. The van der Waals surface area contributed by atoms with Crippen molar-refractivity contribution in [1.29, 1.82) is 0 Å². The first-order chi connectivity index (χ1) is 15.8. The molecule has 3 aromatic carbocycles. The molecule has 0 saturated heterocycles. The first-order valence-corrected chi connectivity index (χ1v) is 10.8. The molecule has 0 spiro atoms. The fourth-order valence-corrected chi connectivity index (χ4v) is 4.21. The van der Waals surface area contributed by atoms with Crippen molar-refractivity contribution in [2.24, 2.45) is 0 Å². The lowest BCUT2D eigenvalue weighted by molar-refractivity contribution is -0.137. The summed E-state index contributed by atoms with van der Waals surface area (Å²) in [6.45, 7) is 0.442. The predicted molar refractivity (Wildman–Crippen MR) is 123 cm³/mol. The molecule has 1 aliphatic carbocycles. The number of hydrogen-bond donors (Lipinski definition) is 1. The van der Waals surface area contributed by atoms with Gasteiger partial charge in [0.25, 0.3) is 0 Å². The fraction of sp³-hybridized carbons (Fsp3) is 0.192. The minimum Gasteiger partial charge on any atom is -0.449 e. The Kier molecular flexibility index (Phi) is 6.75. The van der Waals surface area contributed by atoms with E-state index in [2.05, 4.69) is 17.4 Å². The molecule has 0 atom stereocenters. The molecule has 170 valence electrons. The van der Waals surface area contributed by atoms with E-state index in [4.69, 9.17) is 16.3 Å². The number of ether oxygens (including phenoxy) is 1. The molecular weight excluding hydrogens is 451 g/mol. The minimum atomic E-state index is -4.50. The molecule has 0 aromatic heterocycles. The van der Waals surface area contributed by atoms with Gasteiger partial charge >= 0.3 is 12.3 Å². The van der Waals surface area contributed by atoms with Gasteiger partial charge in [-0.15, -0.1) is 0 Å². The molecular formula is C26H21ClF3NO2. The summed E-state index contributed by atoms with van der Waals surface area (Å²) in [5, 5.41) is 2.66. The predicted octanol–water partition coefficient (Wildman–Crippen LogP) is 7.30. The van der Waals surface area contributed by atoms with Crippen LogP contribution in [0.15, 0.2) is 72.8 Å². The first kappa shape index (κ1) is 22.9. The second kappa shape index (κ2) is 9.71. The van der Waals surface area contributed by atoms with Gasteiger partial charge < -0.3 is 10.1 Å². The smallest absolute Gasteiger partial charge is 0.417 e. The van der Waals surface area contributed by atoms with Crippen LogP contribution in [0.3, 0.4) is 0 Å². The third-order valence-corrected chi connectivity index (χ3v) is 5.78. The van der Waals surface area contributed by atoms with Crippen LogP contribution >= 0.6 is 11.6 Å². The summed E-state index contributed by atoms with van der Waals surface area (Å²) in [6, 6.07) is 19.7. The van der Waals surface area contributed by atoms with Gasteiger partial charge in [0.15, 0.2) is 0 Å². The molecule has 7 heteroatoms. The van der Waals surface area contributed by atoms with Crippen molar-refractivity contribution >= 4 is 23.8 Å². The number of benzene rings is 3. The highest BCUT2D eigenvalue weighted by Crippen LogP contribution is 2.44. The van der Waals surface area contributed by atoms with Crippen molar-refractivity contribution in [3.8, 4) is 11.1 Å². The summed E-state index contributed by atoms with van der Waals surface area (Å²) in [7, 11) is 0. The van der Waals surface area contributed by atoms with Crippen LogP contribution in [0.2, 0.25) is 5.02 Å². The Hall–Kier alpha value is -3.25. The second-order valence-electron chi connectivity index (χ2n) is 7.67. The van der Waals surface area contributed by atoms with Gasteiger partial charge in [0.1, 0.15) is 6.61 Å². The Balaban J connectivity index is 1.29. The largest absolute Gasteiger partial charge is 0.449 e. The van der Waals surface area contributed by atoms with Gasteiger partial charge in [0.05, 0.1) is 5.56 Å². The molecule has 1 amide bonds.